The monoisotopic (exact) mass is 122 g/mol. The van der Waals surface area contributed by atoms with Crippen molar-refractivity contribution in [1.82, 2.24) is 0 Å². The Morgan fingerprint density at radius 1 is 0.667 bits per heavy atom. The first kappa shape index (κ1) is 6.60. The van der Waals surface area contributed by atoms with Crippen LogP contribution in [0.3, 0.4) is 0 Å². The summed E-state index contributed by atoms with van der Waals surface area (Å²) in [6, 6.07) is 0. The summed E-state index contributed by atoms with van der Waals surface area (Å²) in [7, 11) is 0. The van der Waals surface area contributed by atoms with Gasteiger partial charge in [-0.1, -0.05) is 24.3 Å². The summed E-state index contributed by atoms with van der Waals surface area (Å²) in [6.07, 6.45) is 15.5. The van der Waals surface area contributed by atoms with Crippen molar-refractivity contribution in [2.75, 3.05) is 0 Å². The fraction of sp³-hybridized carbons (Fsp3) is 0.556. The van der Waals surface area contributed by atoms with Crippen LogP contribution < -0.4 is 0 Å². The van der Waals surface area contributed by atoms with Gasteiger partial charge in [0.1, 0.15) is 0 Å². The molecule has 0 fully saturated rings. The first-order valence-corrected chi connectivity index (χ1v) is 3.80. The molecule has 0 atom stereocenters. The number of hydrogen-bond donors (Lipinski definition) is 0. The van der Waals surface area contributed by atoms with Crippen LogP contribution in [0.2, 0.25) is 0 Å². The molecule has 0 bridgehead atoms. The first-order chi connectivity index (χ1) is 4.50. The van der Waals surface area contributed by atoms with E-state index in [1.807, 2.05) is 0 Å². The Balaban J connectivity index is 2.28. The molecule has 0 nitrogen and oxygen atoms in total. The first-order valence-electron chi connectivity index (χ1n) is 3.80. The van der Waals surface area contributed by atoms with E-state index in [4.69, 9.17) is 0 Å². The molecule has 0 aromatic heterocycles. The van der Waals surface area contributed by atoms with Crippen molar-refractivity contribution in [1.29, 1.82) is 0 Å². The second-order valence-corrected chi connectivity index (χ2v) is 2.46. The summed E-state index contributed by atoms with van der Waals surface area (Å²) in [5.74, 6) is 0. The second-order valence-electron chi connectivity index (χ2n) is 2.46. The van der Waals surface area contributed by atoms with Crippen molar-refractivity contribution in [3.8, 4) is 0 Å². The molecule has 0 saturated carbocycles. The molecule has 0 saturated heterocycles. The maximum absolute atomic E-state index is 2.29. The van der Waals surface area contributed by atoms with Gasteiger partial charge in [-0.25, -0.2) is 0 Å². The zero-order chi connectivity index (χ0) is 6.36. The molecule has 0 heterocycles. The SMILES string of the molecule is C1=CCCCC/C=C\C1. The fourth-order valence-corrected chi connectivity index (χ4v) is 1.03. The molecular weight excluding hydrogens is 108 g/mol. The molecule has 50 valence electrons. The van der Waals surface area contributed by atoms with Gasteiger partial charge in [0.05, 0.1) is 0 Å². The topological polar surface area (TPSA) is 0 Å². The van der Waals surface area contributed by atoms with Crippen LogP contribution in [-0.4, -0.2) is 0 Å². The summed E-state index contributed by atoms with van der Waals surface area (Å²) in [5.41, 5.74) is 0. The van der Waals surface area contributed by atoms with Gasteiger partial charge in [0.2, 0.25) is 0 Å². The van der Waals surface area contributed by atoms with Gasteiger partial charge in [-0.05, 0) is 32.1 Å². The lowest BCUT2D eigenvalue weighted by molar-refractivity contribution is 0.764. The van der Waals surface area contributed by atoms with E-state index in [2.05, 4.69) is 24.3 Å². The largest absolute Gasteiger partial charge is 0.0882 e. The van der Waals surface area contributed by atoms with E-state index >= 15 is 0 Å². The third-order valence-electron chi connectivity index (χ3n) is 1.60. The third kappa shape index (κ3) is 3.12. The van der Waals surface area contributed by atoms with Crippen molar-refractivity contribution in [2.45, 2.75) is 32.1 Å². The highest BCUT2D eigenvalue weighted by Gasteiger charge is 1.84. The van der Waals surface area contributed by atoms with Crippen molar-refractivity contribution < 1.29 is 0 Å². The minimum absolute atomic E-state index is 1.14. The van der Waals surface area contributed by atoms with Crippen molar-refractivity contribution in [2.24, 2.45) is 0 Å². The lowest BCUT2D eigenvalue weighted by Gasteiger charge is -1.89. The minimum atomic E-state index is 1.14. The fourth-order valence-electron chi connectivity index (χ4n) is 1.03. The van der Waals surface area contributed by atoms with Gasteiger partial charge < -0.3 is 0 Å². The molecule has 0 unspecified atom stereocenters. The van der Waals surface area contributed by atoms with Crippen molar-refractivity contribution in [3.63, 3.8) is 0 Å². The van der Waals surface area contributed by atoms with Crippen LogP contribution in [0.25, 0.3) is 0 Å². The predicted octanol–water partition coefficient (Wildman–Crippen LogP) is 3.06. The molecular formula is C9H14. The van der Waals surface area contributed by atoms with Crippen LogP contribution in [0.15, 0.2) is 24.3 Å². The molecule has 0 aromatic carbocycles. The summed E-state index contributed by atoms with van der Waals surface area (Å²) in [5, 5.41) is 0. The average molecular weight is 122 g/mol. The quantitative estimate of drug-likeness (QED) is 0.433. The smallest absolute Gasteiger partial charge is 0.0169 e. The Hall–Kier alpha value is -0.520. The highest BCUT2D eigenvalue weighted by atomic mass is 13.9. The highest BCUT2D eigenvalue weighted by molar-refractivity contribution is 4.94. The van der Waals surface area contributed by atoms with Crippen LogP contribution in [0, 0.1) is 0 Å². The van der Waals surface area contributed by atoms with Gasteiger partial charge in [0.25, 0.3) is 0 Å². The molecule has 1 rings (SSSR count). The average Bonchev–Trinajstić information content (AvgIpc) is 2.00. The summed E-state index contributed by atoms with van der Waals surface area (Å²) in [6.45, 7) is 0. The maximum atomic E-state index is 2.29. The van der Waals surface area contributed by atoms with Crippen LogP contribution in [-0.2, 0) is 0 Å². The van der Waals surface area contributed by atoms with E-state index in [1.165, 1.54) is 25.7 Å². The van der Waals surface area contributed by atoms with E-state index in [0.29, 0.717) is 0 Å². The van der Waals surface area contributed by atoms with Gasteiger partial charge in [0.15, 0.2) is 0 Å². The van der Waals surface area contributed by atoms with Crippen LogP contribution in [0.1, 0.15) is 32.1 Å². The Kier molecular flexibility index (Phi) is 3.20. The molecule has 9 heavy (non-hydrogen) atoms. The van der Waals surface area contributed by atoms with E-state index in [1.54, 1.807) is 0 Å². The van der Waals surface area contributed by atoms with Gasteiger partial charge in [-0.2, -0.15) is 0 Å². The normalized spacial score (nSPS) is 24.0. The number of hydrogen-bond acceptors (Lipinski definition) is 0. The number of rotatable bonds is 0. The zero-order valence-electron chi connectivity index (χ0n) is 5.84. The number of allylic oxidation sites excluding steroid dienone is 4. The lowest BCUT2D eigenvalue weighted by atomic mass is 10.2. The van der Waals surface area contributed by atoms with E-state index in [9.17, 15) is 0 Å². The summed E-state index contributed by atoms with van der Waals surface area (Å²) >= 11 is 0. The van der Waals surface area contributed by atoms with Crippen molar-refractivity contribution >= 4 is 0 Å². The van der Waals surface area contributed by atoms with Crippen LogP contribution >= 0.6 is 0 Å². The maximum Gasteiger partial charge on any atom is -0.0169 e. The molecule has 0 spiro atoms. The molecule has 0 radical (unpaired) electrons. The van der Waals surface area contributed by atoms with Crippen LogP contribution in [0.5, 0.6) is 0 Å². The molecule has 1 aliphatic rings. The Bertz CT molecular complexity index is 95.2. The molecule has 0 aliphatic heterocycles. The van der Waals surface area contributed by atoms with E-state index < -0.39 is 0 Å². The highest BCUT2D eigenvalue weighted by Crippen LogP contribution is 2.05. The molecule has 0 N–H and O–H groups in total. The summed E-state index contributed by atoms with van der Waals surface area (Å²) < 4.78 is 0. The lowest BCUT2D eigenvalue weighted by Crippen LogP contribution is -1.69. The van der Waals surface area contributed by atoms with E-state index in [0.717, 1.165) is 6.42 Å². The molecule has 0 amide bonds. The molecule has 0 heteroatoms. The van der Waals surface area contributed by atoms with Crippen LogP contribution in [0.4, 0.5) is 0 Å². The van der Waals surface area contributed by atoms with Gasteiger partial charge in [0, 0.05) is 0 Å². The van der Waals surface area contributed by atoms with E-state index in [-0.39, 0.29) is 0 Å². The standard InChI is InChI=1S/C9H14/c1-2-4-6-8-9-7-5-3-1/h1-2,5,7H,3-4,6,8-9H2/b2-1-,7-5?. The molecule has 1 aliphatic carbocycles. The Labute approximate surface area is 57.3 Å². The Morgan fingerprint density at radius 2 is 1.22 bits per heavy atom. The third-order valence-corrected chi connectivity index (χ3v) is 1.60. The second kappa shape index (κ2) is 4.37. The summed E-state index contributed by atoms with van der Waals surface area (Å²) in [4.78, 5) is 0. The molecule has 0 aromatic rings. The van der Waals surface area contributed by atoms with Gasteiger partial charge in [-0.15, -0.1) is 0 Å². The Morgan fingerprint density at radius 3 is 1.78 bits per heavy atom. The van der Waals surface area contributed by atoms with Crippen molar-refractivity contribution in [3.05, 3.63) is 24.3 Å². The predicted molar refractivity (Wildman–Crippen MR) is 41.4 cm³/mol. The minimum Gasteiger partial charge on any atom is -0.0882 e. The zero-order valence-corrected chi connectivity index (χ0v) is 5.84. The van der Waals surface area contributed by atoms with Gasteiger partial charge in [-0.3, -0.25) is 0 Å². The van der Waals surface area contributed by atoms with Gasteiger partial charge >= 0.3 is 0 Å².